The molecule has 6 nitrogen and oxygen atoms in total. The smallest absolute Gasteiger partial charge is 0.303 e. The van der Waals surface area contributed by atoms with Crippen LogP contribution >= 0.6 is 0 Å². The van der Waals surface area contributed by atoms with E-state index in [9.17, 15) is 18.3 Å². The number of hydrogen-bond acceptors (Lipinski definition) is 5. The van der Waals surface area contributed by atoms with Gasteiger partial charge in [0.25, 0.3) is 0 Å². The second-order valence-corrected chi connectivity index (χ2v) is 22.1. The number of nitrogens with zero attached hydrogens (tertiary/aromatic N) is 1. The molecule has 2 N–H and O–H groups in total. The minimum atomic E-state index is -2.85. The van der Waals surface area contributed by atoms with Gasteiger partial charge in [-0.3, -0.25) is 4.79 Å². The van der Waals surface area contributed by atoms with Crippen LogP contribution in [-0.2, 0) is 14.6 Å². The summed E-state index contributed by atoms with van der Waals surface area (Å²) >= 11 is 0. The highest BCUT2D eigenvalue weighted by atomic mass is 32.2. The zero-order valence-corrected chi connectivity index (χ0v) is 33.1. The molecule has 0 unspecified atom stereocenters. The van der Waals surface area contributed by atoms with E-state index in [4.69, 9.17) is 0 Å². The Morgan fingerprint density at radius 1 is 0.940 bits per heavy atom. The van der Waals surface area contributed by atoms with Crippen LogP contribution in [-0.4, -0.2) is 67.6 Å². The standard InChI is InChI=1S/C43H68N2O4S/c1-29(2)32-14-19-43(44-22-23-45-24-26-50(48,49)27-25-45)21-20-41(6)34(38(32)43)12-13-36-40(5)17-15-33(31-10-8-30(9-11-31)28-37(46)47)39(3,4)35(40)16-18-42(36,41)7/h10,15,30,32,34-36,38,44H,1,8-9,11-14,16-28H2,2-7H3,(H,46,47)/t30-,32+,34-,35+,36-,38-,40+,41-,42-,43+/m1/s1. The molecule has 0 spiro atoms. The fourth-order valence-corrected chi connectivity index (χ4v) is 15.9. The Kier molecular flexibility index (Phi) is 9.49. The van der Waals surface area contributed by atoms with Crippen LogP contribution in [0.2, 0.25) is 0 Å². The summed E-state index contributed by atoms with van der Waals surface area (Å²) in [6, 6.07) is 0. The number of sulfone groups is 1. The van der Waals surface area contributed by atoms with Gasteiger partial charge in [0.1, 0.15) is 0 Å². The summed E-state index contributed by atoms with van der Waals surface area (Å²) in [4.78, 5) is 13.7. The quantitative estimate of drug-likeness (QED) is 0.246. The van der Waals surface area contributed by atoms with E-state index in [1.807, 2.05) is 0 Å². The minimum absolute atomic E-state index is 0.123. The van der Waals surface area contributed by atoms with Gasteiger partial charge in [-0.25, -0.2) is 8.42 Å². The van der Waals surface area contributed by atoms with E-state index in [0.717, 1.165) is 32.4 Å². The molecule has 7 aliphatic rings. The van der Waals surface area contributed by atoms with E-state index in [1.165, 1.54) is 68.9 Å². The number of aliphatic carboxylic acids is 1. The largest absolute Gasteiger partial charge is 0.481 e. The number of rotatable bonds is 8. The first-order valence-corrected chi connectivity index (χ1v) is 22.2. The van der Waals surface area contributed by atoms with Crippen LogP contribution in [0.25, 0.3) is 0 Å². The predicted molar refractivity (Wildman–Crippen MR) is 204 cm³/mol. The van der Waals surface area contributed by atoms with Gasteiger partial charge in [-0.15, -0.1) is 0 Å². The second kappa shape index (κ2) is 12.9. The summed E-state index contributed by atoms with van der Waals surface area (Å²) in [5.74, 6) is 3.51. The third-order valence-corrected chi connectivity index (χ3v) is 18.9. The zero-order chi connectivity index (χ0) is 35.9. The van der Waals surface area contributed by atoms with Crippen molar-refractivity contribution in [1.82, 2.24) is 10.2 Å². The molecule has 50 heavy (non-hydrogen) atoms. The summed E-state index contributed by atoms with van der Waals surface area (Å²) in [6.07, 6.45) is 19.8. The van der Waals surface area contributed by atoms with Crippen LogP contribution in [0.1, 0.15) is 125 Å². The number of nitrogens with one attached hydrogen (secondary N) is 1. The molecule has 7 heteroatoms. The van der Waals surface area contributed by atoms with Gasteiger partial charge in [0.15, 0.2) is 9.84 Å². The Labute approximate surface area is 304 Å². The molecule has 0 bridgehead atoms. The predicted octanol–water partition coefficient (Wildman–Crippen LogP) is 8.45. The third kappa shape index (κ3) is 5.85. The van der Waals surface area contributed by atoms with Crippen molar-refractivity contribution >= 4 is 15.8 Å². The molecular weight excluding hydrogens is 641 g/mol. The molecule has 4 saturated carbocycles. The van der Waals surface area contributed by atoms with Gasteiger partial charge >= 0.3 is 5.97 Å². The van der Waals surface area contributed by atoms with Crippen LogP contribution in [0.15, 0.2) is 35.5 Å². The summed E-state index contributed by atoms with van der Waals surface area (Å²) in [5, 5.41) is 13.6. The summed E-state index contributed by atoms with van der Waals surface area (Å²) in [7, 11) is -2.85. The zero-order valence-electron chi connectivity index (χ0n) is 32.3. The molecule has 6 aliphatic carbocycles. The van der Waals surface area contributed by atoms with E-state index >= 15 is 0 Å². The van der Waals surface area contributed by atoms with Crippen LogP contribution < -0.4 is 5.32 Å². The molecular formula is C43H68N2O4S. The number of carboxylic acid groups (broad SMARTS) is 1. The molecule has 0 aromatic rings. The number of hydrogen-bond donors (Lipinski definition) is 2. The van der Waals surface area contributed by atoms with Crippen LogP contribution in [0.5, 0.6) is 0 Å². The third-order valence-electron chi connectivity index (χ3n) is 17.3. The second-order valence-electron chi connectivity index (χ2n) is 19.8. The molecule has 7 rings (SSSR count). The van der Waals surface area contributed by atoms with Crippen molar-refractivity contribution in [3.8, 4) is 0 Å². The normalized spacial score (nSPS) is 45.2. The first kappa shape index (κ1) is 36.9. The van der Waals surface area contributed by atoms with Gasteiger partial charge in [-0.2, -0.15) is 0 Å². The van der Waals surface area contributed by atoms with Crippen LogP contribution in [0, 0.1) is 57.2 Å². The average molecular weight is 709 g/mol. The van der Waals surface area contributed by atoms with Crippen molar-refractivity contribution in [2.75, 3.05) is 37.7 Å². The van der Waals surface area contributed by atoms with E-state index in [1.54, 1.807) is 5.57 Å². The maximum atomic E-state index is 12.0. The van der Waals surface area contributed by atoms with Crippen molar-refractivity contribution < 1.29 is 18.3 Å². The number of fused-ring (bicyclic) bond motifs is 7. The highest BCUT2D eigenvalue weighted by Gasteiger charge is 2.70. The van der Waals surface area contributed by atoms with Gasteiger partial charge in [0.2, 0.25) is 0 Å². The van der Waals surface area contributed by atoms with Gasteiger partial charge in [-0.05, 0) is 152 Å². The summed E-state index contributed by atoms with van der Waals surface area (Å²) in [5.41, 5.74) is 5.66. The monoisotopic (exact) mass is 708 g/mol. The molecule has 1 heterocycles. The lowest BCUT2D eigenvalue weighted by Gasteiger charge is -2.72. The first-order valence-electron chi connectivity index (χ1n) is 20.4. The van der Waals surface area contributed by atoms with E-state index < -0.39 is 15.8 Å². The Morgan fingerprint density at radius 3 is 2.34 bits per heavy atom. The van der Waals surface area contributed by atoms with Gasteiger partial charge in [-0.1, -0.05) is 58.9 Å². The molecule has 0 aromatic heterocycles. The molecule has 0 radical (unpaired) electrons. The number of carbonyl (C=O) groups is 1. The number of carboxylic acids is 1. The van der Waals surface area contributed by atoms with E-state index in [0.29, 0.717) is 71.4 Å². The Balaban J connectivity index is 1.12. The lowest BCUT2D eigenvalue weighted by Crippen LogP contribution is -2.68. The molecule has 0 amide bonds. The van der Waals surface area contributed by atoms with Crippen molar-refractivity contribution in [3.63, 3.8) is 0 Å². The Bertz CT molecular complexity index is 1530. The van der Waals surface area contributed by atoms with E-state index in [2.05, 4.69) is 70.5 Å². The SMILES string of the molecule is C=C(C)[C@@H]1CC[C@]2(NCCN3CCS(=O)(=O)CC3)CC[C@]3(C)[C@H](CC[C@@H]4[C@@]5(C)CC=C(C6=CC[C@@H](CC(=O)O)CC6)C(C)(C)[C@@H]5CC[C@]43C)[C@@H]12. The maximum Gasteiger partial charge on any atom is 0.303 e. The number of allylic oxidation sites excluding steroid dienone is 5. The molecule has 280 valence electrons. The lowest BCUT2D eigenvalue weighted by molar-refractivity contribution is -0.221. The fourth-order valence-electron chi connectivity index (χ4n) is 14.6. The molecule has 0 aromatic carbocycles. The summed E-state index contributed by atoms with van der Waals surface area (Å²) < 4.78 is 24.1. The van der Waals surface area contributed by atoms with Gasteiger partial charge < -0.3 is 15.3 Å². The van der Waals surface area contributed by atoms with Crippen molar-refractivity contribution in [2.24, 2.45) is 57.2 Å². The van der Waals surface area contributed by atoms with Crippen molar-refractivity contribution in [1.29, 1.82) is 0 Å². The molecule has 5 fully saturated rings. The minimum Gasteiger partial charge on any atom is -0.481 e. The van der Waals surface area contributed by atoms with Crippen LogP contribution in [0.3, 0.4) is 0 Å². The summed E-state index contributed by atoms with van der Waals surface area (Å²) in [6.45, 7) is 23.4. The first-order chi connectivity index (χ1) is 23.5. The van der Waals surface area contributed by atoms with Gasteiger partial charge in [0, 0.05) is 38.1 Å². The maximum absolute atomic E-state index is 12.0. The Hall–Kier alpha value is -1.44. The molecule has 1 aliphatic heterocycles. The fraction of sp³-hybridized carbons (Fsp3) is 0.837. The van der Waals surface area contributed by atoms with E-state index in [-0.39, 0.29) is 22.3 Å². The average Bonchev–Trinajstić information content (AvgIpc) is 3.42. The lowest BCUT2D eigenvalue weighted by atomic mass is 9.33. The van der Waals surface area contributed by atoms with Crippen molar-refractivity contribution in [3.05, 3.63) is 35.5 Å². The molecule has 1 saturated heterocycles. The highest BCUT2D eigenvalue weighted by molar-refractivity contribution is 7.91. The van der Waals surface area contributed by atoms with Crippen LogP contribution in [0.4, 0.5) is 0 Å². The van der Waals surface area contributed by atoms with Gasteiger partial charge in [0.05, 0.1) is 11.5 Å². The van der Waals surface area contributed by atoms with Crippen molar-refractivity contribution in [2.45, 2.75) is 131 Å². The molecule has 10 atom stereocenters. The highest BCUT2D eigenvalue weighted by Crippen LogP contribution is 2.76. The topological polar surface area (TPSA) is 86.7 Å². The Morgan fingerprint density at radius 2 is 1.68 bits per heavy atom.